The minimum absolute atomic E-state index is 0.0984. The first-order chi connectivity index (χ1) is 11.4. The molecule has 1 heterocycles. The number of carbonyl (C=O) groups excluding carboxylic acids is 2. The van der Waals surface area contributed by atoms with E-state index in [1.165, 1.54) is 0 Å². The highest BCUT2D eigenvalue weighted by Crippen LogP contribution is 2.09. The van der Waals surface area contributed by atoms with Gasteiger partial charge in [0.15, 0.2) is 4.77 Å². The molecule has 8 heteroatoms. The maximum Gasteiger partial charge on any atom is 0.259 e. The Morgan fingerprint density at radius 1 is 1.29 bits per heavy atom. The third-order valence-corrected chi connectivity index (χ3v) is 3.86. The van der Waals surface area contributed by atoms with Gasteiger partial charge in [-0.2, -0.15) is 0 Å². The molecule has 1 unspecified atom stereocenters. The molecule has 128 valence electrons. The molecule has 0 aliphatic rings. The Morgan fingerprint density at radius 2 is 2.04 bits per heavy atom. The number of fused-ring (bicyclic) bond motifs is 1. The average molecular weight is 348 g/mol. The second-order valence-electron chi connectivity index (χ2n) is 5.55. The van der Waals surface area contributed by atoms with Gasteiger partial charge in [-0.15, -0.1) is 0 Å². The number of aromatic nitrogens is 2. The van der Waals surface area contributed by atoms with Gasteiger partial charge >= 0.3 is 0 Å². The van der Waals surface area contributed by atoms with Gasteiger partial charge in [0.1, 0.15) is 0 Å². The molecule has 0 spiro atoms. The van der Waals surface area contributed by atoms with E-state index in [1.807, 2.05) is 13.8 Å². The van der Waals surface area contributed by atoms with Crippen molar-refractivity contribution in [2.45, 2.75) is 32.7 Å². The predicted molar refractivity (Wildman–Crippen MR) is 94.6 cm³/mol. The summed E-state index contributed by atoms with van der Waals surface area (Å²) in [5, 5.41) is 5.95. The van der Waals surface area contributed by atoms with E-state index in [9.17, 15) is 14.4 Å². The average Bonchev–Trinajstić information content (AvgIpc) is 2.53. The van der Waals surface area contributed by atoms with Crippen LogP contribution in [-0.4, -0.2) is 34.4 Å². The lowest BCUT2D eigenvalue weighted by molar-refractivity contribution is -0.121. The van der Waals surface area contributed by atoms with Crippen molar-refractivity contribution in [2.24, 2.45) is 0 Å². The van der Waals surface area contributed by atoms with Crippen LogP contribution in [0, 0.1) is 4.77 Å². The quantitative estimate of drug-likeness (QED) is 0.595. The number of aromatic amines is 2. The second kappa shape index (κ2) is 7.87. The van der Waals surface area contributed by atoms with Crippen molar-refractivity contribution < 1.29 is 9.59 Å². The molecule has 1 aromatic carbocycles. The summed E-state index contributed by atoms with van der Waals surface area (Å²) in [5.41, 5.74) is 0.578. The molecule has 0 aliphatic heterocycles. The molecule has 1 atom stereocenters. The van der Waals surface area contributed by atoms with E-state index in [1.54, 1.807) is 18.2 Å². The number of benzene rings is 1. The van der Waals surface area contributed by atoms with Crippen LogP contribution in [-0.2, 0) is 4.79 Å². The Labute approximate surface area is 143 Å². The van der Waals surface area contributed by atoms with Crippen molar-refractivity contribution in [3.63, 3.8) is 0 Å². The molecule has 0 aliphatic carbocycles. The molecule has 2 amide bonds. The molecule has 0 saturated heterocycles. The third-order valence-electron chi connectivity index (χ3n) is 3.66. The molecule has 7 nitrogen and oxygen atoms in total. The van der Waals surface area contributed by atoms with E-state index in [2.05, 4.69) is 20.6 Å². The van der Waals surface area contributed by atoms with Crippen LogP contribution in [0.15, 0.2) is 23.0 Å². The number of H-pyrrole nitrogens is 2. The van der Waals surface area contributed by atoms with Crippen LogP contribution < -0.4 is 16.2 Å². The lowest BCUT2D eigenvalue weighted by Gasteiger charge is -2.11. The Morgan fingerprint density at radius 3 is 2.75 bits per heavy atom. The zero-order valence-corrected chi connectivity index (χ0v) is 14.4. The van der Waals surface area contributed by atoms with Gasteiger partial charge in [0.05, 0.1) is 10.9 Å². The van der Waals surface area contributed by atoms with Gasteiger partial charge in [0.25, 0.3) is 11.5 Å². The Kier molecular flexibility index (Phi) is 5.86. The highest BCUT2D eigenvalue weighted by molar-refractivity contribution is 7.71. The Balaban J connectivity index is 2.00. The van der Waals surface area contributed by atoms with E-state index < -0.39 is 0 Å². The first-order valence-electron chi connectivity index (χ1n) is 7.74. The first kappa shape index (κ1) is 17.9. The van der Waals surface area contributed by atoms with Crippen molar-refractivity contribution in [1.82, 2.24) is 20.6 Å². The van der Waals surface area contributed by atoms with Crippen LogP contribution >= 0.6 is 12.2 Å². The molecular formula is C16H20N4O3S. The third kappa shape index (κ3) is 4.51. The largest absolute Gasteiger partial charge is 0.354 e. The Hall–Kier alpha value is -2.48. The predicted octanol–water partition coefficient (Wildman–Crippen LogP) is 1.62. The van der Waals surface area contributed by atoms with Gasteiger partial charge in [0.2, 0.25) is 5.91 Å². The fourth-order valence-corrected chi connectivity index (χ4v) is 2.35. The van der Waals surface area contributed by atoms with Gasteiger partial charge in [-0.1, -0.05) is 6.92 Å². The molecule has 0 fully saturated rings. The summed E-state index contributed by atoms with van der Waals surface area (Å²) in [4.78, 5) is 40.9. The van der Waals surface area contributed by atoms with Crippen molar-refractivity contribution >= 4 is 34.9 Å². The van der Waals surface area contributed by atoms with Crippen molar-refractivity contribution in [3.8, 4) is 0 Å². The van der Waals surface area contributed by atoms with Gasteiger partial charge in [0, 0.05) is 24.6 Å². The van der Waals surface area contributed by atoms with Crippen LogP contribution in [0.3, 0.4) is 0 Å². The SMILES string of the molecule is CCC(C)NC(=O)CCNC(=O)c1ccc2c(=O)[nH]c(=S)[nH]c2c1. The lowest BCUT2D eigenvalue weighted by Crippen LogP contribution is -2.35. The summed E-state index contributed by atoms with van der Waals surface area (Å²) in [6.45, 7) is 4.16. The molecule has 24 heavy (non-hydrogen) atoms. The van der Waals surface area contributed by atoms with Crippen LogP contribution in [0.2, 0.25) is 0 Å². The molecule has 0 radical (unpaired) electrons. The van der Waals surface area contributed by atoms with E-state index in [0.717, 1.165) is 6.42 Å². The topological polar surface area (TPSA) is 107 Å². The summed E-state index contributed by atoms with van der Waals surface area (Å²) >= 11 is 4.92. The standard InChI is InChI=1S/C16H20N4O3S/c1-3-9(2)18-13(21)6-7-17-14(22)10-4-5-11-12(8-10)19-16(24)20-15(11)23/h4-5,8-9H,3,6-7H2,1-2H3,(H,17,22)(H,18,21)(H2,19,20,23,24). The van der Waals surface area contributed by atoms with Crippen LogP contribution in [0.5, 0.6) is 0 Å². The van der Waals surface area contributed by atoms with Crippen molar-refractivity contribution in [2.75, 3.05) is 6.54 Å². The minimum Gasteiger partial charge on any atom is -0.354 e. The lowest BCUT2D eigenvalue weighted by atomic mass is 10.1. The van der Waals surface area contributed by atoms with E-state index in [0.29, 0.717) is 16.5 Å². The summed E-state index contributed by atoms with van der Waals surface area (Å²) < 4.78 is 0.201. The number of carbonyl (C=O) groups is 2. The van der Waals surface area contributed by atoms with Gasteiger partial charge < -0.3 is 15.6 Å². The fraction of sp³-hybridized carbons (Fsp3) is 0.375. The highest BCUT2D eigenvalue weighted by Gasteiger charge is 2.10. The molecule has 1 aromatic heterocycles. The van der Waals surface area contributed by atoms with Crippen molar-refractivity contribution in [1.29, 1.82) is 0 Å². The van der Waals surface area contributed by atoms with Gasteiger partial charge in [-0.3, -0.25) is 19.4 Å². The number of nitrogens with one attached hydrogen (secondary N) is 4. The smallest absolute Gasteiger partial charge is 0.259 e. The van der Waals surface area contributed by atoms with E-state index in [-0.39, 0.29) is 41.2 Å². The number of rotatable bonds is 6. The fourth-order valence-electron chi connectivity index (χ4n) is 2.15. The molecule has 0 bridgehead atoms. The highest BCUT2D eigenvalue weighted by atomic mass is 32.1. The molecule has 2 rings (SSSR count). The zero-order valence-electron chi connectivity index (χ0n) is 13.6. The summed E-state index contributed by atoms with van der Waals surface area (Å²) in [7, 11) is 0. The van der Waals surface area contributed by atoms with Crippen LogP contribution in [0.4, 0.5) is 0 Å². The van der Waals surface area contributed by atoms with Gasteiger partial charge in [-0.25, -0.2) is 0 Å². The summed E-state index contributed by atoms with van der Waals surface area (Å²) in [6.07, 6.45) is 1.07. The monoisotopic (exact) mass is 348 g/mol. The second-order valence-corrected chi connectivity index (χ2v) is 5.96. The summed E-state index contributed by atoms with van der Waals surface area (Å²) in [6, 6.07) is 4.80. The first-order valence-corrected chi connectivity index (χ1v) is 8.15. The molecule has 4 N–H and O–H groups in total. The van der Waals surface area contributed by atoms with E-state index >= 15 is 0 Å². The summed E-state index contributed by atoms with van der Waals surface area (Å²) in [5.74, 6) is -0.411. The maximum absolute atomic E-state index is 12.1. The Bertz CT molecular complexity index is 871. The molecular weight excluding hydrogens is 328 g/mol. The van der Waals surface area contributed by atoms with Crippen LogP contribution in [0.1, 0.15) is 37.0 Å². The number of hydrogen-bond donors (Lipinski definition) is 4. The maximum atomic E-state index is 12.1. The van der Waals surface area contributed by atoms with Crippen LogP contribution in [0.25, 0.3) is 10.9 Å². The van der Waals surface area contributed by atoms with Gasteiger partial charge in [-0.05, 0) is 43.8 Å². The zero-order chi connectivity index (χ0) is 17.7. The number of hydrogen-bond acceptors (Lipinski definition) is 4. The van der Waals surface area contributed by atoms with E-state index in [4.69, 9.17) is 12.2 Å². The van der Waals surface area contributed by atoms with Crippen molar-refractivity contribution in [3.05, 3.63) is 38.9 Å². The normalized spacial score (nSPS) is 11.9. The molecule has 0 saturated carbocycles. The molecule has 2 aromatic rings. The number of amides is 2. The minimum atomic E-state index is -0.312.